The Balaban J connectivity index is 3.19. The summed E-state index contributed by atoms with van der Waals surface area (Å²) in [5.74, 6) is 0. The van der Waals surface area contributed by atoms with Crippen molar-refractivity contribution in [3.05, 3.63) is 0 Å². The van der Waals surface area contributed by atoms with Gasteiger partial charge in [0.2, 0.25) is 0 Å². The lowest BCUT2D eigenvalue weighted by Gasteiger charge is -2.14. The first kappa shape index (κ1) is 21.0. The molecule has 0 aromatic carbocycles. The smallest absolute Gasteiger partial charge is 0.0571 e. The number of methoxy groups -OCH3 is 1. The van der Waals surface area contributed by atoms with Gasteiger partial charge in [-0.15, -0.1) is 0 Å². The van der Waals surface area contributed by atoms with Gasteiger partial charge in [-0.25, -0.2) is 0 Å². The molecular formula is C20H42O. The molecule has 0 N–H and O–H groups in total. The van der Waals surface area contributed by atoms with Crippen molar-refractivity contribution >= 4 is 0 Å². The standard InChI is InChI=1S/C20H42O/c1-4-6-8-9-10-11-12-13-14-15-17-19-20(21-3)18-16-7-5-2/h20H,4-19H2,1-3H3. The summed E-state index contributed by atoms with van der Waals surface area (Å²) in [6, 6.07) is 0. The zero-order chi connectivity index (χ0) is 15.6. The second-order valence-corrected chi connectivity index (χ2v) is 6.68. The molecule has 0 aromatic heterocycles. The molecule has 0 amide bonds. The largest absolute Gasteiger partial charge is 0.381 e. The Morgan fingerprint density at radius 3 is 1.29 bits per heavy atom. The quantitative estimate of drug-likeness (QED) is 0.256. The molecule has 0 bridgehead atoms. The van der Waals surface area contributed by atoms with Gasteiger partial charge in [0, 0.05) is 7.11 Å². The highest BCUT2D eigenvalue weighted by Crippen LogP contribution is 2.15. The van der Waals surface area contributed by atoms with Crippen LogP contribution >= 0.6 is 0 Å². The Morgan fingerprint density at radius 1 is 0.524 bits per heavy atom. The summed E-state index contributed by atoms with van der Waals surface area (Å²) in [4.78, 5) is 0. The van der Waals surface area contributed by atoms with E-state index in [0.717, 1.165) is 0 Å². The van der Waals surface area contributed by atoms with E-state index < -0.39 is 0 Å². The lowest BCUT2D eigenvalue weighted by Crippen LogP contribution is -2.10. The first-order valence-electron chi connectivity index (χ1n) is 9.87. The Labute approximate surface area is 135 Å². The van der Waals surface area contributed by atoms with Crippen LogP contribution in [0, 0.1) is 0 Å². The molecule has 0 aromatic rings. The summed E-state index contributed by atoms with van der Waals surface area (Å²) >= 11 is 0. The van der Waals surface area contributed by atoms with Gasteiger partial charge < -0.3 is 4.74 Å². The fourth-order valence-corrected chi connectivity index (χ4v) is 3.04. The second-order valence-electron chi connectivity index (χ2n) is 6.68. The summed E-state index contributed by atoms with van der Waals surface area (Å²) in [5.41, 5.74) is 0. The van der Waals surface area contributed by atoms with E-state index in [0.29, 0.717) is 6.10 Å². The van der Waals surface area contributed by atoms with Crippen LogP contribution in [0.4, 0.5) is 0 Å². The van der Waals surface area contributed by atoms with E-state index in [1.54, 1.807) is 0 Å². The third-order valence-electron chi connectivity index (χ3n) is 4.59. The fourth-order valence-electron chi connectivity index (χ4n) is 3.04. The summed E-state index contributed by atoms with van der Waals surface area (Å²) < 4.78 is 5.59. The predicted octanol–water partition coefficient (Wildman–Crippen LogP) is 7.28. The number of hydrogen-bond donors (Lipinski definition) is 0. The van der Waals surface area contributed by atoms with Crippen LogP contribution in [0.2, 0.25) is 0 Å². The highest BCUT2D eigenvalue weighted by molar-refractivity contribution is 4.59. The van der Waals surface area contributed by atoms with Crippen molar-refractivity contribution in [2.45, 2.75) is 123 Å². The van der Waals surface area contributed by atoms with Crippen molar-refractivity contribution in [1.29, 1.82) is 0 Å². The fraction of sp³-hybridized carbons (Fsp3) is 1.00. The second kappa shape index (κ2) is 18.0. The van der Waals surface area contributed by atoms with Gasteiger partial charge >= 0.3 is 0 Å². The van der Waals surface area contributed by atoms with E-state index >= 15 is 0 Å². The third-order valence-corrected chi connectivity index (χ3v) is 4.59. The van der Waals surface area contributed by atoms with Gasteiger partial charge in [-0.2, -0.15) is 0 Å². The van der Waals surface area contributed by atoms with E-state index in [1.807, 2.05) is 7.11 Å². The molecule has 0 aliphatic carbocycles. The van der Waals surface area contributed by atoms with Crippen LogP contribution in [0.25, 0.3) is 0 Å². The maximum Gasteiger partial charge on any atom is 0.0571 e. The van der Waals surface area contributed by atoms with E-state index in [-0.39, 0.29) is 0 Å². The summed E-state index contributed by atoms with van der Waals surface area (Å²) in [6.07, 6.45) is 22.8. The highest BCUT2D eigenvalue weighted by atomic mass is 16.5. The Bertz CT molecular complexity index is 179. The molecule has 1 heteroatoms. The van der Waals surface area contributed by atoms with Gasteiger partial charge in [0.15, 0.2) is 0 Å². The maximum atomic E-state index is 5.59. The molecule has 0 heterocycles. The number of hydrogen-bond acceptors (Lipinski definition) is 1. The summed E-state index contributed by atoms with van der Waals surface area (Å²) in [6.45, 7) is 4.56. The van der Waals surface area contributed by atoms with Crippen LogP contribution in [0.5, 0.6) is 0 Å². The zero-order valence-corrected chi connectivity index (χ0v) is 15.3. The SMILES string of the molecule is CCCCCCCCCCCCCC(CCCCC)OC. The lowest BCUT2D eigenvalue weighted by atomic mass is 10.0. The molecule has 1 unspecified atom stereocenters. The number of rotatable bonds is 17. The van der Waals surface area contributed by atoms with Crippen LogP contribution in [0.15, 0.2) is 0 Å². The van der Waals surface area contributed by atoms with Crippen molar-refractivity contribution in [1.82, 2.24) is 0 Å². The van der Waals surface area contributed by atoms with E-state index in [1.165, 1.54) is 103 Å². The Hall–Kier alpha value is -0.0400. The topological polar surface area (TPSA) is 9.23 Å². The maximum absolute atomic E-state index is 5.59. The van der Waals surface area contributed by atoms with Crippen molar-refractivity contribution in [3.63, 3.8) is 0 Å². The zero-order valence-electron chi connectivity index (χ0n) is 15.3. The third kappa shape index (κ3) is 16.2. The first-order chi connectivity index (χ1) is 10.3. The van der Waals surface area contributed by atoms with Crippen molar-refractivity contribution in [2.75, 3.05) is 7.11 Å². The number of ether oxygens (including phenoxy) is 1. The molecule has 0 fully saturated rings. The van der Waals surface area contributed by atoms with Gasteiger partial charge in [0.05, 0.1) is 6.10 Å². The molecular weight excluding hydrogens is 256 g/mol. The molecule has 0 radical (unpaired) electrons. The molecule has 1 nitrogen and oxygen atoms in total. The van der Waals surface area contributed by atoms with Crippen LogP contribution in [-0.4, -0.2) is 13.2 Å². The minimum atomic E-state index is 0.523. The molecule has 0 aliphatic rings. The van der Waals surface area contributed by atoms with E-state index in [2.05, 4.69) is 13.8 Å². The average Bonchev–Trinajstić information content (AvgIpc) is 2.51. The molecule has 0 rings (SSSR count). The molecule has 21 heavy (non-hydrogen) atoms. The summed E-state index contributed by atoms with van der Waals surface area (Å²) in [7, 11) is 1.88. The summed E-state index contributed by atoms with van der Waals surface area (Å²) in [5, 5.41) is 0. The normalized spacial score (nSPS) is 12.7. The van der Waals surface area contributed by atoms with Crippen LogP contribution < -0.4 is 0 Å². The van der Waals surface area contributed by atoms with Gasteiger partial charge in [0.25, 0.3) is 0 Å². The Kier molecular flexibility index (Phi) is 18.0. The van der Waals surface area contributed by atoms with Gasteiger partial charge in [-0.3, -0.25) is 0 Å². The van der Waals surface area contributed by atoms with Gasteiger partial charge in [-0.05, 0) is 12.8 Å². The molecule has 0 spiro atoms. The number of unbranched alkanes of at least 4 members (excludes halogenated alkanes) is 12. The lowest BCUT2D eigenvalue weighted by molar-refractivity contribution is 0.0833. The monoisotopic (exact) mass is 298 g/mol. The van der Waals surface area contributed by atoms with Gasteiger partial charge in [0.1, 0.15) is 0 Å². The molecule has 0 saturated carbocycles. The van der Waals surface area contributed by atoms with Gasteiger partial charge in [-0.1, -0.05) is 104 Å². The van der Waals surface area contributed by atoms with Crippen molar-refractivity contribution < 1.29 is 4.74 Å². The molecule has 0 saturated heterocycles. The average molecular weight is 299 g/mol. The van der Waals surface area contributed by atoms with Crippen LogP contribution in [-0.2, 0) is 4.74 Å². The van der Waals surface area contributed by atoms with Crippen molar-refractivity contribution in [2.24, 2.45) is 0 Å². The predicted molar refractivity (Wildman–Crippen MR) is 96.0 cm³/mol. The minimum Gasteiger partial charge on any atom is -0.381 e. The molecule has 1 atom stereocenters. The van der Waals surface area contributed by atoms with E-state index in [9.17, 15) is 0 Å². The highest BCUT2D eigenvalue weighted by Gasteiger charge is 2.06. The van der Waals surface area contributed by atoms with Crippen molar-refractivity contribution in [3.8, 4) is 0 Å². The molecule has 128 valence electrons. The van der Waals surface area contributed by atoms with Crippen LogP contribution in [0.1, 0.15) is 117 Å². The molecule has 0 aliphatic heterocycles. The van der Waals surface area contributed by atoms with Crippen LogP contribution in [0.3, 0.4) is 0 Å². The minimum absolute atomic E-state index is 0.523. The first-order valence-corrected chi connectivity index (χ1v) is 9.87. The van der Waals surface area contributed by atoms with E-state index in [4.69, 9.17) is 4.74 Å². The Morgan fingerprint density at radius 2 is 0.857 bits per heavy atom.